The predicted molar refractivity (Wildman–Crippen MR) is 136 cm³/mol. The number of hydrogen-bond donors (Lipinski definition) is 1. The number of likely N-dealkylation sites (tertiary alicyclic amines) is 1. The van der Waals surface area contributed by atoms with Crippen LogP contribution in [0, 0.1) is 11.8 Å². The molecule has 5 aliphatic rings. The second-order valence-electron chi connectivity index (χ2n) is 11.0. The van der Waals surface area contributed by atoms with Gasteiger partial charge in [0.25, 0.3) is 5.91 Å². The summed E-state index contributed by atoms with van der Waals surface area (Å²) in [5, 5.41) is 2.78. The smallest absolute Gasteiger partial charge is 0.329 e. The third-order valence-electron chi connectivity index (χ3n) is 8.97. The Morgan fingerprint density at radius 3 is 2.75 bits per heavy atom. The molecule has 0 radical (unpaired) electrons. The molecule has 0 aromatic heterocycles. The summed E-state index contributed by atoms with van der Waals surface area (Å²) >= 11 is 0. The van der Waals surface area contributed by atoms with E-state index in [0.717, 1.165) is 30.8 Å². The highest BCUT2D eigenvalue weighted by atomic mass is 16.5. The molecule has 1 aromatic carbocycles. The van der Waals surface area contributed by atoms with E-state index in [0.29, 0.717) is 35.7 Å². The lowest BCUT2D eigenvalue weighted by atomic mass is 9.68. The van der Waals surface area contributed by atoms with Gasteiger partial charge < -0.3 is 15.0 Å². The molecule has 8 nitrogen and oxygen atoms in total. The van der Waals surface area contributed by atoms with Crippen molar-refractivity contribution >= 4 is 23.5 Å². The number of hydrogen-bond acceptors (Lipinski definition) is 5. The molecule has 3 unspecified atom stereocenters. The molecular formula is C28H36N4O4. The van der Waals surface area contributed by atoms with Crippen LogP contribution in [0.25, 0.3) is 0 Å². The van der Waals surface area contributed by atoms with Crippen molar-refractivity contribution in [3.05, 3.63) is 35.9 Å². The van der Waals surface area contributed by atoms with Gasteiger partial charge in [0, 0.05) is 25.6 Å². The summed E-state index contributed by atoms with van der Waals surface area (Å²) in [4.78, 5) is 45.1. The van der Waals surface area contributed by atoms with Gasteiger partial charge in [-0.1, -0.05) is 18.1 Å². The van der Waals surface area contributed by atoms with Gasteiger partial charge in [-0.15, -0.1) is 0 Å². The maximum Gasteiger partial charge on any atom is 0.329 e. The third kappa shape index (κ3) is 4.09. The molecule has 4 aliphatic heterocycles. The van der Waals surface area contributed by atoms with Crippen molar-refractivity contribution in [3.63, 3.8) is 0 Å². The van der Waals surface area contributed by atoms with Crippen molar-refractivity contribution in [1.82, 2.24) is 15.1 Å². The topological polar surface area (TPSA) is 82.2 Å². The first kappa shape index (κ1) is 23.5. The Bertz CT molecular complexity index is 1070. The van der Waals surface area contributed by atoms with Gasteiger partial charge in [-0.25, -0.2) is 9.69 Å². The highest BCUT2D eigenvalue weighted by Gasteiger charge is 2.47. The van der Waals surface area contributed by atoms with E-state index in [-0.39, 0.29) is 24.3 Å². The third-order valence-corrected chi connectivity index (χ3v) is 8.97. The lowest BCUT2D eigenvalue weighted by Gasteiger charge is -2.54. The fourth-order valence-corrected chi connectivity index (χ4v) is 7.37. The Kier molecular flexibility index (Phi) is 6.23. The fraction of sp³-hybridized carbons (Fsp3) is 0.607. The monoisotopic (exact) mass is 492 g/mol. The average Bonchev–Trinajstić information content (AvgIpc) is 3.19. The summed E-state index contributed by atoms with van der Waals surface area (Å²) in [6.07, 6.45) is 10.3. The number of anilines is 1. The summed E-state index contributed by atoms with van der Waals surface area (Å²) in [7, 11) is 1.57. The van der Waals surface area contributed by atoms with Gasteiger partial charge in [0.2, 0.25) is 5.91 Å². The minimum atomic E-state index is -0.678. The van der Waals surface area contributed by atoms with Crippen molar-refractivity contribution in [3.8, 4) is 5.75 Å². The fourth-order valence-electron chi connectivity index (χ4n) is 7.37. The van der Waals surface area contributed by atoms with Crippen molar-refractivity contribution in [1.29, 1.82) is 0 Å². The summed E-state index contributed by atoms with van der Waals surface area (Å²) in [6.45, 7) is 3.07. The highest BCUT2D eigenvalue weighted by Crippen LogP contribution is 2.45. The number of ether oxygens (including phenoxy) is 1. The molecule has 1 N–H and O–H groups in total. The summed E-state index contributed by atoms with van der Waals surface area (Å²) in [5.74, 6) is 1.61. The van der Waals surface area contributed by atoms with E-state index in [2.05, 4.69) is 21.2 Å². The molecule has 5 atom stereocenters. The number of methoxy groups -OCH3 is 1. The van der Waals surface area contributed by atoms with Crippen molar-refractivity contribution in [2.45, 2.75) is 69.5 Å². The molecule has 192 valence electrons. The summed E-state index contributed by atoms with van der Waals surface area (Å²) in [6, 6.07) is 6.61. The number of nitrogens with zero attached hydrogens (tertiary/aromatic N) is 3. The van der Waals surface area contributed by atoms with E-state index >= 15 is 0 Å². The van der Waals surface area contributed by atoms with Gasteiger partial charge in [0.1, 0.15) is 11.8 Å². The quantitative estimate of drug-likeness (QED) is 0.504. The van der Waals surface area contributed by atoms with Gasteiger partial charge in [-0.05, 0) is 81.2 Å². The summed E-state index contributed by atoms with van der Waals surface area (Å²) < 4.78 is 5.17. The van der Waals surface area contributed by atoms with Crippen LogP contribution in [0.15, 0.2) is 35.9 Å². The number of nitrogens with one attached hydrogen (secondary N) is 1. The Balaban J connectivity index is 1.12. The number of imide groups is 1. The first-order valence-electron chi connectivity index (χ1n) is 13.6. The zero-order valence-corrected chi connectivity index (χ0v) is 21.0. The maximum atomic E-state index is 13.5. The van der Waals surface area contributed by atoms with Crippen LogP contribution in [-0.4, -0.2) is 72.5 Å². The van der Waals surface area contributed by atoms with Crippen molar-refractivity contribution in [2.24, 2.45) is 11.8 Å². The molecule has 6 rings (SSSR count). The van der Waals surface area contributed by atoms with E-state index < -0.39 is 12.1 Å². The van der Waals surface area contributed by atoms with E-state index in [9.17, 15) is 14.4 Å². The van der Waals surface area contributed by atoms with E-state index in [1.807, 2.05) is 0 Å². The zero-order chi connectivity index (χ0) is 24.8. The standard InChI is InChI=1S/C28H36N4O4/c1-36-22-9-7-21(8-10-22)32-27(34)23(29-28(32)35)11-12-25(33)31-14-4-5-18-15-19-16-20(26(18)31)17-30-13-3-2-6-24(19)30/h7-10,15,19-20,23-24,26H,2-6,11-14,16-17H2,1H3,(H,29,35)/t19-,20+,23?,24?,26?/m1/s1. The van der Waals surface area contributed by atoms with Crippen molar-refractivity contribution in [2.75, 3.05) is 31.6 Å². The molecule has 1 aliphatic carbocycles. The van der Waals surface area contributed by atoms with Gasteiger partial charge in [0.05, 0.1) is 18.8 Å². The normalized spacial score (nSPS) is 31.9. The minimum absolute atomic E-state index is 0.106. The molecule has 36 heavy (non-hydrogen) atoms. The Hall–Kier alpha value is -2.87. The van der Waals surface area contributed by atoms with Crippen LogP contribution >= 0.6 is 0 Å². The molecular weight excluding hydrogens is 456 g/mol. The molecule has 0 saturated carbocycles. The van der Waals surface area contributed by atoms with E-state index in [1.165, 1.54) is 37.8 Å². The van der Waals surface area contributed by atoms with Crippen LogP contribution in [0.5, 0.6) is 5.75 Å². The van der Waals surface area contributed by atoms with Crippen LogP contribution in [-0.2, 0) is 9.59 Å². The molecule has 0 spiro atoms. The van der Waals surface area contributed by atoms with E-state index in [1.54, 1.807) is 31.4 Å². The molecule has 4 amide bonds. The van der Waals surface area contributed by atoms with Crippen LogP contribution in [0.1, 0.15) is 51.4 Å². The van der Waals surface area contributed by atoms with Gasteiger partial charge in [-0.2, -0.15) is 0 Å². The SMILES string of the molecule is COc1ccc(N2C(=O)NC(CCC(=O)N3CCCC4=C[C@@H]5C[C@@H](CN6CCCCC56)C43)C2=O)cc1. The van der Waals surface area contributed by atoms with Crippen LogP contribution in [0.3, 0.4) is 0 Å². The van der Waals surface area contributed by atoms with Crippen LogP contribution in [0.2, 0.25) is 0 Å². The molecule has 8 heteroatoms. The number of piperidine rings is 3. The number of amides is 4. The van der Waals surface area contributed by atoms with E-state index in [4.69, 9.17) is 4.74 Å². The number of rotatable bonds is 5. The number of fused-ring (bicyclic) bond motifs is 6. The highest BCUT2D eigenvalue weighted by molar-refractivity contribution is 6.21. The Morgan fingerprint density at radius 2 is 1.94 bits per heavy atom. The van der Waals surface area contributed by atoms with Crippen molar-refractivity contribution < 1.29 is 19.1 Å². The second kappa shape index (κ2) is 9.54. The molecule has 1 aromatic rings. The Labute approximate surface area is 212 Å². The summed E-state index contributed by atoms with van der Waals surface area (Å²) in [5.41, 5.74) is 1.97. The number of urea groups is 1. The number of benzene rings is 1. The first-order chi connectivity index (χ1) is 17.5. The molecule has 4 heterocycles. The van der Waals surface area contributed by atoms with Gasteiger partial charge in [0.15, 0.2) is 0 Å². The molecule has 2 bridgehead atoms. The Morgan fingerprint density at radius 1 is 1.11 bits per heavy atom. The maximum absolute atomic E-state index is 13.5. The molecule has 4 saturated heterocycles. The second-order valence-corrected chi connectivity index (χ2v) is 11.0. The zero-order valence-electron chi connectivity index (χ0n) is 21.0. The average molecular weight is 493 g/mol. The number of carbonyl (C=O) groups excluding carboxylic acids is 3. The largest absolute Gasteiger partial charge is 0.497 e. The predicted octanol–water partition coefficient (Wildman–Crippen LogP) is 3.32. The van der Waals surface area contributed by atoms with Gasteiger partial charge >= 0.3 is 6.03 Å². The lowest BCUT2D eigenvalue weighted by molar-refractivity contribution is -0.136. The first-order valence-corrected chi connectivity index (χ1v) is 13.6. The minimum Gasteiger partial charge on any atom is -0.497 e. The van der Waals surface area contributed by atoms with Gasteiger partial charge in [-0.3, -0.25) is 14.5 Å². The molecule has 4 fully saturated rings. The van der Waals surface area contributed by atoms with Crippen LogP contribution < -0.4 is 15.0 Å². The lowest BCUT2D eigenvalue weighted by Crippen LogP contribution is -2.60. The number of carbonyl (C=O) groups is 3. The van der Waals surface area contributed by atoms with Crippen LogP contribution in [0.4, 0.5) is 10.5 Å².